The first-order valence-corrected chi connectivity index (χ1v) is 10.6. The molecule has 0 aliphatic carbocycles. The van der Waals surface area contributed by atoms with Crippen molar-refractivity contribution in [1.82, 2.24) is 15.6 Å². The maximum Gasteiger partial charge on any atom is 0.417 e. The Kier molecular flexibility index (Phi) is 7.86. The summed E-state index contributed by atoms with van der Waals surface area (Å²) in [6.45, 7) is 0.103. The summed E-state index contributed by atoms with van der Waals surface area (Å²) in [5.41, 5.74) is -0.861. The van der Waals surface area contributed by atoms with Crippen molar-refractivity contribution in [3.8, 4) is 11.3 Å². The Labute approximate surface area is 204 Å². The molecule has 1 saturated heterocycles. The van der Waals surface area contributed by atoms with Gasteiger partial charge in [0.25, 0.3) is 5.56 Å². The van der Waals surface area contributed by atoms with Gasteiger partial charge < -0.3 is 20.4 Å². The number of halogens is 4. The first kappa shape index (κ1) is 26.2. The van der Waals surface area contributed by atoms with Crippen LogP contribution in [-0.2, 0) is 20.5 Å². The van der Waals surface area contributed by atoms with Crippen LogP contribution in [-0.4, -0.2) is 43.1 Å². The van der Waals surface area contributed by atoms with Crippen LogP contribution in [0.4, 0.5) is 13.2 Å². The molecule has 2 atom stereocenters. The van der Waals surface area contributed by atoms with E-state index >= 15 is 0 Å². The number of hydrogen-bond acceptors (Lipinski definition) is 5. The maximum atomic E-state index is 13.4. The van der Waals surface area contributed by atoms with Crippen LogP contribution in [0.2, 0.25) is 0 Å². The molecule has 0 spiro atoms. The largest absolute Gasteiger partial charge is 0.463 e. The number of aromatic nitrogens is 1. The zero-order chi connectivity index (χ0) is 24.5. The van der Waals surface area contributed by atoms with Crippen molar-refractivity contribution in [2.75, 3.05) is 20.2 Å². The van der Waals surface area contributed by atoms with Crippen molar-refractivity contribution in [2.24, 2.45) is 0 Å². The van der Waals surface area contributed by atoms with Gasteiger partial charge in [-0.05, 0) is 42.6 Å². The van der Waals surface area contributed by atoms with Crippen molar-refractivity contribution >= 4 is 35.1 Å². The van der Waals surface area contributed by atoms with Crippen LogP contribution in [0.25, 0.3) is 22.0 Å². The van der Waals surface area contributed by atoms with Gasteiger partial charge in [0.05, 0.1) is 24.1 Å². The van der Waals surface area contributed by atoms with E-state index in [1.807, 2.05) is 0 Å². The van der Waals surface area contributed by atoms with Crippen molar-refractivity contribution in [3.05, 3.63) is 70.0 Å². The highest BCUT2D eigenvalue weighted by atomic mass is 35.5. The number of likely N-dealkylation sites (N-methyl/N-ethyl adjacent to an activating group) is 1. The zero-order valence-corrected chi connectivity index (χ0v) is 19.4. The fourth-order valence-electron chi connectivity index (χ4n) is 4.14. The number of fused-ring (bicyclic) bond motifs is 1. The van der Waals surface area contributed by atoms with E-state index in [0.29, 0.717) is 17.4 Å². The summed E-state index contributed by atoms with van der Waals surface area (Å²) in [4.78, 5) is 39.3. The van der Waals surface area contributed by atoms with Gasteiger partial charge in [-0.2, -0.15) is 13.2 Å². The molecule has 11 heteroatoms. The molecule has 1 aliphatic rings. The number of esters is 1. The Hall–Kier alpha value is -3.37. The van der Waals surface area contributed by atoms with Crippen molar-refractivity contribution in [2.45, 2.75) is 24.6 Å². The summed E-state index contributed by atoms with van der Waals surface area (Å²) in [5.74, 6) is -1.22. The van der Waals surface area contributed by atoms with Gasteiger partial charge in [0.15, 0.2) is 0 Å². The van der Waals surface area contributed by atoms with E-state index in [1.165, 1.54) is 24.3 Å². The van der Waals surface area contributed by atoms with Crippen molar-refractivity contribution < 1.29 is 27.5 Å². The van der Waals surface area contributed by atoms with Crippen LogP contribution in [0.5, 0.6) is 0 Å². The molecule has 4 rings (SSSR count). The summed E-state index contributed by atoms with van der Waals surface area (Å²) in [6.07, 6.45) is -4.19. The van der Waals surface area contributed by atoms with Gasteiger partial charge in [0.2, 0.25) is 5.91 Å². The summed E-state index contributed by atoms with van der Waals surface area (Å²) in [7, 11) is 1.62. The highest BCUT2D eigenvalue weighted by Gasteiger charge is 2.35. The number of benzene rings is 2. The average molecular weight is 510 g/mol. The number of alkyl halides is 3. The summed E-state index contributed by atoms with van der Waals surface area (Å²) in [6, 6.07) is 11.0. The second-order valence-electron chi connectivity index (χ2n) is 8.11. The molecule has 0 radical (unpaired) electrons. The van der Waals surface area contributed by atoms with Crippen LogP contribution >= 0.6 is 12.4 Å². The molecule has 3 aromatic rings. The molecular formula is C24H23ClF3N3O4. The summed E-state index contributed by atoms with van der Waals surface area (Å²) in [5, 5.41) is 6.19. The minimum atomic E-state index is -4.57. The van der Waals surface area contributed by atoms with Gasteiger partial charge in [-0.15, -0.1) is 12.4 Å². The third kappa shape index (κ3) is 5.66. The molecule has 3 N–H and O–H groups in total. The smallest absolute Gasteiger partial charge is 0.417 e. The third-order valence-electron chi connectivity index (χ3n) is 5.74. The minimum absolute atomic E-state index is 0. The van der Waals surface area contributed by atoms with E-state index < -0.39 is 29.2 Å². The molecule has 1 amide bonds. The standard InChI is InChI=1S/C24H22F3N3O4.ClH/c1-28-11-21(31)34-12-15-10-18(22(32)29-15)13-6-7-14-9-20(30-23(33)17(14)8-13)16-4-2-3-5-19(16)24(25,26)27;/h2-9,15,18,28H,10-12H2,1H3,(H,29,32)(H,30,33);1H/t15?,18-;/m1./s1. The number of hydrogen-bond donors (Lipinski definition) is 3. The molecule has 1 aromatic heterocycles. The Morgan fingerprint density at radius 1 is 1.14 bits per heavy atom. The highest BCUT2D eigenvalue weighted by molar-refractivity contribution is 5.90. The number of ether oxygens (including phenoxy) is 1. The number of nitrogens with one attached hydrogen (secondary N) is 3. The van der Waals surface area contributed by atoms with E-state index in [0.717, 1.165) is 6.07 Å². The van der Waals surface area contributed by atoms with Gasteiger partial charge in [0, 0.05) is 16.6 Å². The number of rotatable bonds is 6. The highest BCUT2D eigenvalue weighted by Crippen LogP contribution is 2.37. The Morgan fingerprint density at radius 3 is 2.60 bits per heavy atom. The monoisotopic (exact) mass is 509 g/mol. The molecule has 7 nitrogen and oxygen atoms in total. The number of carbonyl (C=O) groups is 2. The molecular weight excluding hydrogens is 487 g/mol. The lowest BCUT2D eigenvalue weighted by molar-refractivity contribution is -0.143. The fourth-order valence-corrected chi connectivity index (χ4v) is 4.14. The van der Waals surface area contributed by atoms with Gasteiger partial charge in [0.1, 0.15) is 6.61 Å². The van der Waals surface area contributed by atoms with Gasteiger partial charge in [-0.3, -0.25) is 14.4 Å². The van der Waals surface area contributed by atoms with Crippen LogP contribution < -0.4 is 16.2 Å². The molecule has 186 valence electrons. The van der Waals surface area contributed by atoms with Gasteiger partial charge in [-0.25, -0.2) is 0 Å². The molecule has 0 saturated carbocycles. The minimum Gasteiger partial charge on any atom is -0.463 e. The lowest BCUT2D eigenvalue weighted by atomic mass is 9.93. The normalized spacial score (nSPS) is 17.7. The Bertz CT molecular complexity index is 1310. The van der Waals surface area contributed by atoms with Crippen molar-refractivity contribution in [1.29, 1.82) is 0 Å². The number of aromatic amines is 1. The first-order valence-electron chi connectivity index (χ1n) is 10.6. The molecule has 1 aliphatic heterocycles. The SMILES string of the molecule is CNCC(=O)OCC1C[C@H](c2ccc3cc(-c4ccccc4C(F)(F)F)[nH]c(=O)c3c2)C(=O)N1.Cl. The lowest BCUT2D eigenvalue weighted by Gasteiger charge is -2.14. The van der Waals surface area contributed by atoms with Crippen LogP contribution in [0.3, 0.4) is 0 Å². The first-order chi connectivity index (χ1) is 16.2. The molecule has 2 aromatic carbocycles. The van der Waals surface area contributed by atoms with E-state index in [-0.39, 0.29) is 54.2 Å². The molecule has 2 heterocycles. The maximum absolute atomic E-state index is 13.4. The summed E-state index contributed by atoms with van der Waals surface area (Å²) >= 11 is 0. The zero-order valence-electron chi connectivity index (χ0n) is 18.6. The van der Waals surface area contributed by atoms with Crippen LogP contribution in [0.15, 0.2) is 53.3 Å². The summed E-state index contributed by atoms with van der Waals surface area (Å²) < 4.78 is 45.4. The number of pyridine rings is 1. The van der Waals surface area contributed by atoms with Crippen molar-refractivity contribution in [3.63, 3.8) is 0 Å². The predicted octanol–water partition coefficient (Wildman–Crippen LogP) is 3.37. The Morgan fingerprint density at radius 2 is 1.89 bits per heavy atom. The van der Waals surface area contributed by atoms with E-state index in [2.05, 4.69) is 15.6 Å². The third-order valence-corrected chi connectivity index (χ3v) is 5.74. The Balaban J connectivity index is 0.00000342. The van der Waals surface area contributed by atoms with E-state index in [4.69, 9.17) is 4.74 Å². The number of carbonyl (C=O) groups excluding carboxylic acids is 2. The molecule has 1 fully saturated rings. The number of H-pyrrole nitrogens is 1. The van der Waals surface area contributed by atoms with E-state index in [9.17, 15) is 27.6 Å². The van der Waals surface area contributed by atoms with Crippen LogP contribution in [0, 0.1) is 0 Å². The number of amides is 1. The second-order valence-corrected chi connectivity index (χ2v) is 8.11. The average Bonchev–Trinajstić information content (AvgIpc) is 3.17. The molecule has 1 unspecified atom stereocenters. The molecule has 0 bridgehead atoms. The quantitative estimate of drug-likeness (QED) is 0.442. The van der Waals surface area contributed by atoms with E-state index in [1.54, 1.807) is 25.2 Å². The van der Waals surface area contributed by atoms with Gasteiger partial charge in [-0.1, -0.05) is 30.3 Å². The lowest BCUT2D eigenvalue weighted by Crippen LogP contribution is -2.32. The second kappa shape index (κ2) is 10.5. The topological polar surface area (TPSA) is 100 Å². The van der Waals surface area contributed by atoms with Gasteiger partial charge >= 0.3 is 12.1 Å². The molecule has 35 heavy (non-hydrogen) atoms. The fraction of sp³-hybridized carbons (Fsp3) is 0.292. The van der Waals surface area contributed by atoms with Crippen LogP contribution in [0.1, 0.15) is 23.5 Å². The predicted molar refractivity (Wildman–Crippen MR) is 126 cm³/mol.